The van der Waals surface area contributed by atoms with E-state index >= 15 is 0 Å². The summed E-state index contributed by atoms with van der Waals surface area (Å²) in [6.45, 7) is 6.08. The highest BCUT2D eigenvalue weighted by Crippen LogP contribution is 2.30. The van der Waals surface area contributed by atoms with E-state index in [4.69, 9.17) is 0 Å². The first kappa shape index (κ1) is 22.7. The van der Waals surface area contributed by atoms with Gasteiger partial charge in [0, 0.05) is 19.6 Å². The number of carboxylic acids is 1. The Labute approximate surface area is 173 Å². The maximum Gasteiger partial charge on any atom is 0.335 e. The van der Waals surface area contributed by atoms with E-state index in [-0.39, 0.29) is 16.1 Å². The molecule has 8 heteroatoms. The fraction of sp³-hybridized carbons (Fsp3) is 0.381. The molecule has 7 nitrogen and oxygen atoms in total. The van der Waals surface area contributed by atoms with E-state index in [0.29, 0.717) is 18.8 Å². The summed E-state index contributed by atoms with van der Waals surface area (Å²) in [7, 11) is 0.0702. The maximum atomic E-state index is 12.9. The summed E-state index contributed by atoms with van der Waals surface area (Å²) < 4.78 is 28.4. The van der Waals surface area contributed by atoms with Gasteiger partial charge < -0.3 is 14.9 Å². The van der Waals surface area contributed by atoms with Crippen molar-refractivity contribution in [1.82, 2.24) is 4.90 Å². The number of benzene rings is 2. The van der Waals surface area contributed by atoms with Crippen molar-refractivity contribution in [2.24, 2.45) is 0 Å². The Kier molecular flexibility index (Phi) is 7.64. The second-order valence-electron chi connectivity index (χ2n) is 7.02. The molecule has 0 aliphatic carbocycles. The first-order chi connectivity index (χ1) is 13.7. The Morgan fingerprint density at radius 3 is 2.21 bits per heavy atom. The number of carbonyl (C=O) groups is 1. The summed E-state index contributed by atoms with van der Waals surface area (Å²) in [5.74, 6) is -1.11. The largest absolute Gasteiger partial charge is 0.478 e. The maximum absolute atomic E-state index is 12.9. The molecule has 0 bridgehead atoms. The molecule has 0 spiro atoms. The Bertz CT molecular complexity index is 941. The van der Waals surface area contributed by atoms with Crippen LogP contribution in [0.3, 0.4) is 0 Å². The summed E-state index contributed by atoms with van der Waals surface area (Å²) in [6, 6.07) is 11.2. The van der Waals surface area contributed by atoms with Gasteiger partial charge in [-0.3, -0.25) is 4.72 Å². The molecule has 0 atom stereocenters. The lowest BCUT2D eigenvalue weighted by Gasteiger charge is -2.27. The molecule has 0 radical (unpaired) electrons. The molecule has 0 aromatic heterocycles. The van der Waals surface area contributed by atoms with Crippen molar-refractivity contribution >= 4 is 27.4 Å². The van der Waals surface area contributed by atoms with Gasteiger partial charge >= 0.3 is 5.97 Å². The number of likely N-dealkylation sites (N-methyl/N-ethyl adjacent to an activating group) is 2. The van der Waals surface area contributed by atoms with Crippen LogP contribution in [0.25, 0.3) is 0 Å². The minimum Gasteiger partial charge on any atom is -0.478 e. The number of hydrogen-bond donors (Lipinski definition) is 2. The topological polar surface area (TPSA) is 89.9 Å². The van der Waals surface area contributed by atoms with Gasteiger partial charge in [-0.25, -0.2) is 13.2 Å². The first-order valence-electron chi connectivity index (χ1n) is 9.56. The highest BCUT2D eigenvalue weighted by Gasteiger charge is 2.20. The first-order valence-corrected chi connectivity index (χ1v) is 11.0. The summed E-state index contributed by atoms with van der Waals surface area (Å²) >= 11 is 0. The van der Waals surface area contributed by atoms with Crippen LogP contribution in [0.15, 0.2) is 47.4 Å². The highest BCUT2D eigenvalue weighted by atomic mass is 32.2. The van der Waals surface area contributed by atoms with E-state index in [9.17, 15) is 18.3 Å². The molecule has 2 aromatic rings. The zero-order chi connectivity index (χ0) is 21.6. The fourth-order valence-corrected chi connectivity index (χ4v) is 3.97. The number of sulfonamides is 1. The average Bonchev–Trinajstić information content (AvgIpc) is 2.68. The predicted octanol–water partition coefficient (Wildman–Crippen LogP) is 3.14. The third kappa shape index (κ3) is 5.95. The number of aromatic carboxylic acids is 1. The van der Waals surface area contributed by atoms with Gasteiger partial charge in [-0.1, -0.05) is 19.1 Å². The standard InChI is InChI=1S/C21H29N3O4S/c1-5-16-7-10-18(11-8-16)29(27,28)22-19-15-17(21(25)26)9-12-20(19)24(6-2)14-13-23(3)4/h7-12,15,22H,5-6,13-14H2,1-4H3,(H,25,26). The van der Waals surface area contributed by atoms with Crippen LogP contribution in [0.4, 0.5) is 11.4 Å². The van der Waals surface area contributed by atoms with Gasteiger partial charge in [0.1, 0.15) is 0 Å². The smallest absolute Gasteiger partial charge is 0.335 e. The quantitative estimate of drug-likeness (QED) is 0.615. The molecule has 2 N–H and O–H groups in total. The van der Waals surface area contributed by atoms with Crippen LogP contribution in [0.2, 0.25) is 0 Å². The average molecular weight is 420 g/mol. The van der Waals surface area contributed by atoms with Crippen LogP contribution in [0, 0.1) is 0 Å². The normalized spacial score (nSPS) is 11.5. The van der Waals surface area contributed by atoms with Gasteiger partial charge in [-0.15, -0.1) is 0 Å². The lowest BCUT2D eigenvalue weighted by molar-refractivity contribution is 0.0697. The molecule has 29 heavy (non-hydrogen) atoms. The van der Waals surface area contributed by atoms with E-state index in [2.05, 4.69) is 4.72 Å². The Morgan fingerprint density at radius 2 is 1.69 bits per heavy atom. The number of anilines is 2. The number of hydrogen-bond acceptors (Lipinski definition) is 5. The third-order valence-corrected chi connectivity index (χ3v) is 6.05. The molecule has 0 unspecified atom stereocenters. The van der Waals surface area contributed by atoms with Crippen molar-refractivity contribution in [2.45, 2.75) is 25.2 Å². The Morgan fingerprint density at radius 1 is 1.03 bits per heavy atom. The van der Waals surface area contributed by atoms with E-state index in [1.54, 1.807) is 30.3 Å². The van der Waals surface area contributed by atoms with E-state index in [1.807, 2.05) is 37.7 Å². The van der Waals surface area contributed by atoms with Crippen molar-refractivity contribution in [3.05, 3.63) is 53.6 Å². The van der Waals surface area contributed by atoms with E-state index in [1.165, 1.54) is 12.1 Å². The zero-order valence-electron chi connectivity index (χ0n) is 17.3. The van der Waals surface area contributed by atoms with Crippen molar-refractivity contribution in [2.75, 3.05) is 43.4 Å². The van der Waals surface area contributed by atoms with Crippen LogP contribution in [-0.4, -0.2) is 58.1 Å². The molecule has 0 aliphatic heterocycles. The minimum atomic E-state index is -3.86. The number of rotatable bonds is 10. The van der Waals surface area contributed by atoms with Crippen molar-refractivity contribution in [3.8, 4) is 0 Å². The minimum absolute atomic E-state index is 0.0245. The van der Waals surface area contributed by atoms with Crippen LogP contribution in [-0.2, 0) is 16.4 Å². The van der Waals surface area contributed by atoms with Gasteiger partial charge in [0.15, 0.2) is 0 Å². The Hall–Kier alpha value is -2.58. The van der Waals surface area contributed by atoms with E-state index in [0.717, 1.165) is 18.5 Å². The van der Waals surface area contributed by atoms with E-state index < -0.39 is 16.0 Å². The molecule has 158 valence electrons. The van der Waals surface area contributed by atoms with Crippen molar-refractivity contribution in [3.63, 3.8) is 0 Å². The number of nitrogens with one attached hydrogen (secondary N) is 1. The summed E-state index contributed by atoms with van der Waals surface area (Å²) in [4.78, 5) is 15.6. The monoisotopic (exact) mass is 419 g/mol. The molecular weight excluding hydrogens is 390 g/mol. The molecule has 0 saturated carbocycles. The lowest BCUT2D eigenvalue weighted by atomic mass is 10.1. The fourth-order valence-electron chi connectivity index (χ4n) is 2.90. The van der Waals surface area contributed by atoms with Crippen LogP contribution >= 0.6 is 0 Å². The molecule has 2 aromatic carbocycles. The summed E-state index contributed by atoms with van der Waals surface area (Å²) in [5, 5.41) is 9.35. The third-order valence-electron chi connectivity index (χ3n) is 4.67. The molecule has 0 saturated heterocycles. The van der Waals surface area contributed by atoms with Crippen LogP contribution < -0.4 is 9.62 Å². The predicted molar refractivity (Wildman–Crippen MR) is 116 cm³/mol. The summed E-state index contributed by atoms with van der Waals surface area (Å²) in [6.07, 6.45) is 0.815. The summed E-state index contributed by atoms with van der Waals surface area (Å²) in [5.41, 5.74) is 1.97. The van der Waals surface area contributed by atoms with Gasteiger partial charge in [0.25, 0.3) is 10.0 Å². The molecule has 0 amide bonds. The second-order valence-corrected chi connectivity index (χ2v) is 8.71. The molecule has 0 aliphatic rings. The molecule has 0 heterocycles. The Balaban J connectivity index is 2.44. The number of nitrogens with zero attached hydrogens (tertiary/aromatic N) is 2. The van der Waals surface area contributed by atoms with Crippen molar-refractivity contribution in [1.29, 1.82) is 0 Å². The van der Waals surface area contributed by atoms with Gasteiger partial charge in [-0.2, -0.15) is 0 Å². The number of aryl methyl sites for hydroxylation is 1. The van der Waals surface area contributed by atoms with Crippen LogP contribution in [0.5, 0.6) is 0 Å². The lowest BCUT2D eigenvalue weighted by Crippen LogP contribution is -2.32. The van der Waals surface area contributed by atoms with Gasteiger partial charge in [-0.05, 0) is 63.3 Å². The van der Waals surface area contributed by atoms with Crippen molar-refractivity contribution < 1.29 is 18.3 Å². The number of carboxylic acid groups (broad SMARTS) is 1. The van der Waals surface area contributed by atoms with Gasteiger partial charge in [0.2, 0.25) is 0 Å². The van der Waals surface area contributed by atoms with Crippen LogP contribution in [0.1, 0.15) is 29.8 Å². The van der Waals surface area contributed by atoms with Gasteiger partial charge in [0.05, 0.1) is 21.8 Å². The second kappa shape index (κ2) is 9.76. The highest BCUT2D eigenvalue weighted by molar-refractivity contribution is 7.92. The zero-order valence-corrected chi connectivity index (χ0v) is 18.2. The molecule has 2 rings (SSSR count). The molecule has 0 fully saturated rings. The molecular formula is C21H29N3O4S. The SMILES string of the molecule is CCc1ccc(S(=O)(=O)Nc2cc(C(=O)O)ccc2N(CC)CCN(C)C)cc1.